The molecule has 2 aliphatic rings. The van der Waals surface area contributed by atoms with E-state index in [4.69, 9.17) is 28.4 Å². The second-order valence-electron chi connectivity index (χ2n) is 11.3. The third kappa shape index (κ3) is 8.36. The van der Waals surface area contributed by atoms with E-state index in [1.165, 1.54) is 52.7 Å². The lowest BCUT2D eigenvalue weighted by Gasteiger charge is -2.46. The first-order chi connectivity index (χ1) is 22.5. The maximum absolute atomic E-state index is 13.3. The molecular weight excluding hydrogens is 640 g/mol. The number of aliphatic hydroxyl groups is 6. The van der Waals surface area contributed by atoms with Crippen molar-refractivity contribution in [3.8, 4) is 23.0 Å². The lowest BCUT2D eigenvalue weighted by Crippen LogP contribution is -2.58. The van der Waals surface area contributed by atoms with E-state index in [-0.39, 0.29) is 24.0 Å². The third-order valence-electron chi connectivity index (χ3n) is 8.51. The molecule has 47 heavy (non-hydrogen) atoms. The van der Waals surface area contributed by atoms with Crippen LogP contribution < -0.4 is 18.9 Å². The lowest BCUT2D eigenvalue weighted by molar-refractivity contribution is -0.191. The molecule has 2 aliphatic heterocycles. The van der Waals surface area contributed by atoms with Crippen molar-refractivity contribution >= 4 is 23.3 Å². The van der Waals surface area contributed by atoms with Crippen LogP contribution in [0.1, 0.15) is 33.6 Å². The molecule has 0 spiro atoms. The molecule has 14 nitrogen and oxygen atoms in total. The van der Waals surface area contributed by atoms with Crippen molar-refractivity contribution in [1.29, 1.82) is 0 Å². The van der Waals surface area contributed by atoms with Gasteiger partial charge >= 0.3 is 0 Å². The quantitative estimate of drug-likeness (QED) is 0.149. The molecule has 15 heteroatoms. The van der Waals surface area contributed by atoms with Gasteiger partial charge in [-0.25, -0.2) is 0 Å². The van der Waals surface area contributed by atoms with Gasteiger partial charge < -0.3 is 59.1 Å². The van der Waals surface area contributed by atoms with Gasteiger partial charge in [0.2, 0.25) is 0 Å². The summed E-state index contributed by atoms with van der Waals surface area (Å²) in [6, 6.07) is 9.15. The zero-order valence-electron chi connectivity index (χ0n) is 26.4. The van der Waals surface area contributed by atoms with Crippen LogP contribution in [-0.2, 0) is 9.47 Å². The van der Waals surface area contributed by atoms with Crippen LogP contribution in [-0.4, -0.2) is 131 Å². The van der Waals surface area contributed by atoms with Gasteiger partial charge in [-0.2, -0.15) is 0 Å². The average molecular weight is 683 g/mol. The number of ether oxygens (including phenoxy) is 6. The number of methoxy groups -OCH3 is 4. The van der Waals surface area contributed by atoms with Crippen LogP contribution in [0.2, 0.25) is 0 Å². The van der Waals surface area contributed by atoms with E-state index in [0.29, 0.717) is 23.0 Å². The Morgan fingerprint density at radius 2 is 0.915 bits per heavy atom. The Hall–Kier alpha value is -2.99. The molecule has 0 saturated carbocycles. The fourth-order valence-corrected chi connectivity index (χ4v) is 7.17. The first kappa shape index (κ1) is 36.8. The minimum Gasteiger partial charge on any atom is -0.497 e. The Labute approximate surface area is 276 Å². The topological polar surface area (TPSA) is 211 Å². The van der Waals surface area contributed by atoms with Gasteiger partial charge in [0.25, 0.3) is 0 Å². The summed E-state index contributed by atoms with van der Waals surface area (Å²) < 4.78 is 32.5. The molecule has 2 fully saturated rings. The largest absolute Gasteiger partial charge is 0.497 e. The Bertz CT molecular complexity index is 1230. The van der Waals surface area contributed by atoms with Crippen molar-refractivity contribution in [1.82, 2.24) is 0 Å². The number of rotatable bonds is 14. The van der Waals surface area contributed by atoms with Gasteiger partial charge in [0, 0.05) is 47.9 Å². The average Bonchev–Trinajstić information content (AvgIpc) is 3.09. The highest BCUT2D eigenvalue weighted by atomic mass is 32.2. The minimum atomic E-state index is -1.49. The molecule has 2 saturated heterocycles. The number of aliphatic hydroxyl groups excluding tert-OH is 6. The van der Waals surface area contributed by atoms with Gasteiger partial charge in [-0.3, -0.25) is 9.59 Å². The maximum atomic E-state index is 13.3. The van der Waals surface area contributed by atoms with Crippen molar-refractivity contribution in [2.45, 2.75) is 60.3 Å². The van der Waals surface area contributed by atoms with E-state index >= 15 is 0 Å². The van der Waals surface area contributed by atoms with E-state index in [1.54, 1.807) is 12.1 Å². The number of carbonyl (C=O) groups excluding carboxylic acids is 2. The number of hydrogen-bond donors (Lipinski definition) is 6. The van der Waals surface area contributed by atoms with Crippen LogP contribution >= 0.6 is 11.8 Å². The van der Waals surface area contributed by atoms with E-state index < -0.39 is 84.1 Å². The van der Waals surface area contributed by atoms with Crippen LogP contribution in [0.4, 0.5) is 0 Å². The number of Topliss-reactive ketones (excluding diaryl/α,β-unsaturated/α-hetero) is 2. The van der Waals surface area contributed by atoms with Crippen LogP contribution in [0.25, 0.3) is 0 Å². The Balaban J connectivity index is 1.54. The molecule has 2 heterocycles. The molecular formula is C32H42O14S. The summed E-state index contributed by atoms with van der Waals surface area (Å²) in [5.74, 6) is -1.65. The minimum absolute atomic E-state index is 0.212. The highest BCUT2D eigenvalue weighted by Crippen LogP contribution is 2.42. The molecule has 0 aliphatic carbocycles. The lowest BCUT2D eigenvalue weighted by atomic mass is 9.84. The Kier molecular flexibility index (Phi) is 12.9. The molecule has 10 atom stereocenters. The third-order valence-corrected chi connectivity index (χ3v) is 9.83. The zero-order valence-corrected chi connectivity index (χ0v) is 27.2. The van der Waals surface area contributed by atoms with E-state index in [2.05, 4.69) is 0 Å². The SMILES string of the molecule is COc1cc(OC)cc(C(=O)CC2C(O)[C@H](S[C@@H]3OC(CO)[C@H](O)[C@H](CC(=O)c4cc(OC)cc(OC)c4)C3O)O[C@H](CO)[C@@H]2O)c1. The second-order valence-corrected chi connectivity index (χ2v) is 12.5. The summed E-state index contributed by atoms with van der Waals surface area (Å²) in [6.45, 7) is -1.29. The van der Waals surface area contributed by atoms with Gasteiger partial charge in [0.05, 0.1) is 66.1 Å². The summed E-state index contributed by atoms with van der Waals surface area (Å²) in [6.07, 6.45) is -8.94. The Morgan fingerprint density at radius 1 is 0.596 bits per heavy atom. The molecule has 6 N–H and O–H groups in total. The van der Waals surface area contributed by atoms with Crippen molar-refractivity contribution in [2.24, 2.45) is 11.8 Å². The molecule has 0 amide bonds. The molecule has 2 aromatic carbocycles. The number of hydrogen-bond acceptors (Lipinski definition) is 15. The normalized spacial score (nSPS) is 30.8. The number of carbonyl (C=O) groups is 2. The fraction of sp³-hybridized carbons (Fsp3) is 0.562. The highest BCUT2D eigenvalue weighted by Gasteiger charge is 2.50. The summed E-state index contributed by atoms with van der Waals surface area (Å²) >= 11 is 0.786. The predicted molar refractivity (Wildman–Crippen MR) is 167 cm³/mol. The monoisotopic (exact) mass is 682 g/mol. The Morgan fingerprint density at radius 3 is 1.19 bits per heavy atom. The van der Waals surface area contributed by atoms with Crippen LogP contribution in [0.5, 0.6) is 23.0 Å². The smallest absolute Gasteiger partial charge is 0.163 e. The maximum Gasteiger partial charge on any atom is 0.163 e. The molecule has 2 aromatic rings. The van der Waals surface area contributed by atoms with Gasteiger partial charge in [-0.15, -0.1) is 0 Å². The molecule has 260 valence electrons. The summed E-state index contributed by atoms with van der Waals surface area (Å²) in [4.78, 5) is 26.7. The van der Waals surface area contributed by atoms with Crippen LogP contribution in [0.15, 0.2) is 36.4 Å². The van der Waals surface area contributed by atoms with E-state index in [0.717, 1.165) is 11.8 Å². The fourth-order valence-electron chi connectivity index (χ4n) is 5.77. The van der Waals surface area contributed by atoms with Crippen LogP contribution in [0, 0.1) is 11.8 Å². The second kappa shape index (κ2) is 16.4. The van der Waals surface area contributed by atoms with Gasteiger partial charge in [-0.1, -0.05) is 11.8 Å². The van der Waals surface area contributed by atoms with Gasteiger partial charge in [-0.05, 0) is 24.3 Å². The van der Waals surface area contributed by atoms with E-state index in [9.17, 15) is 40.2 Å². The van der Waals surface area contributed by atoms with Crippen molar-refractivity contribution in [3.05, 3.63) is 47.5 Å². The van der Waals surface area contributed by atoms with Crippen LogP contribution in [0.3, 0.4) is 0 Å². The summed E-state index contributed by atoms with van der Waals surface area (Å²) in [5.41, 5.74) is -2.05. The number of thioether (sulfide) groups is 1. The van der Waals surface area contributed by atoms with Crippen molar-refractivity contribution in [3.63, 3.8) is 0 Å². The molecule has 0 aromatic heterocycles. The predicted octanol–water partition coefficient (Wildman–Crippen LogP) is 0.410. The zero-order chi connectivity index (χ0) is 34.4. The van der Waals surface area contributed by atoms with Crippen molar-refractivity contribution < 1.29 is 68.6 Å². The van der Waals surface area contributed by atoms with Gasteiger partial charge in [0.1, 0.15) is 46.1 Å². The number of ketones is 2. The first-order valence-corrected chi connectivity index (χ1v) is 15.9. The number of benzene rings is 2. The first-order valence-electron chi connectivity index (χ1n) is 14.9. The summed E-state index contributed by atoms with van der Waals surface area (Å²) in [5, 5.41) is 64.6. The van der Waals surface area contributed by atoms with E-state index in [1.807, 2.05) is 0 Å². The van der Waals surface area contributed by atoms with Gasteiger partial charge in [0.15, 0.2) is 11.6 Å². The standard InChI is InChI=1S/C32H42O14S/c1-41-17-5-15(6-18(9-17)42-2)23(35)11-21-27(37)25(13-33)45-31(29(21)39)47-32-30(40)22(28(38)26(14-34)46-32)12-24(36)16-7-19(43-3)10-20(8-16)44-4/h5-10,21-22,25-34,37-40H,11-14H2,1-4H3/t21-,22?,25?,26+,27+,28+,29?,30?,31-,32-/m0/s1. The molecule has 4 unspecified atom stereocenters. The highest BCUT2D eigenvalue weighted by molar-refractivity contribution is 8.00. The molecule has 0 bridgehead atoms. The molecule has 4 rings (SSSR count). The molecule has 0 radical (unpaired) electrons. The van der Waals surface area contributed by atoms with Crippen molar-refractivity contribution in [2.75, 3.05) is 41.7 Å². The summed E-state index contributed by atoms with van der Waals surface area (Å²) in [7, 11) is 5.73.